The van der Waals surface area contributed by atoms with Gasteiger partial charge < -0.3 is 10.4 Å². The predicted molar refractivity (Wildman–Crippen MR) is 55.8 cm³/mol. The number of carbonyl (C=O) groups excluding carboxylic acids is 1. The van der Waals surface area contributed by atoms with Gasteiger partial charge in [-0.2, -0.15) is 0 Å². The molecule has 0 aromatic rings. The third-order valence-corrected chi connectivity index (χ3v) is 3.02. The zero-order valence-corrected chi connectivity index (χ0v) is 9.34. The van der Waals surface area contributed by atoms with Gasteiger partial charge in [0.1, 0.15) is 0 Å². The van der Waals surface area contributed by atoms with Crippen LogP contribution in [0.4, 0.5) is 0 Å². The van der Waals surface area contributed by atoms with Crippen LogP contribution in [0.5, 0.6) is 0 Å². The third kappa shape index (κ3) is 2.71. The van der Waals surface area contributed by atoms with Crippen molar-refractivity contribution < 1.29 is 9.90 Å². The highest BCUT2D eigenvalue weighted by Crippen LogP contribution is 2.36. The van der Waals surface area contributed by atoms with Crippen LogP contribution in [0.2, 0.25) is 0 Å². The van der Waals surface area contributed by atoms with Crippen molar-refractivity contribution >= 4 is 5.91 Å². The van der Waals surface area contributed by atoms with Crippen molar-refractivity contribution in [1.82, 2.24) is 5.32 Å². The molecule has 1 rings (SSSR count). The third-order valence-electron chi connectivity index (χ3n) is 3.02. The van der Waals surface area contributed by atoms with Crippen LogP contribution < -0.4 is 5.32 Å². The minimum atomic E-state index is 0.160. The van der Waals surface area contributed by atoms with Crippen molar-refractivity contribution in [3.05, 3.63) is 0 Å². The molecule has 3 nitrogen and oxygen atoms in total. The summed E-state index contributed by atoms with van der Waals surface area (Å²) >= 11 is 0. The van der Waals surface area contributed by atoms with E-state index in [4.69, 9.17) is 5.11 Å². The molecule has 1 aliphatic rings. The molecular formula is C11H21NO2. The molecule has 1 fully saturated rings. The topological polar surface area (TPSA) is 49.3 Å². The van der Waals surface area contributed by atoms with Gasteiger partial charge in [0.05, 0.1) is 0 Å². The molecule has 1 saturated heterocycles. The largest absolute Gasteiger partial charge is 0.396 e. The Kier molecular flexibility index (Phi) is 3.53. The Balaban J connectivity index is 2.58. The second-order valence-electron chi connectivity index (χ2n) is 5.22. The van der Waals surface area contributed by atoms with Gasteiger partial charge in [0, 0.05) is 19.1 Å². The molecular weight excluding hydrogens is 178 g/mol. The van der Waals surface area contributed by atoms with Crippen LogP contribution in [0, 0.1) is 11.3 Å². The molecule has 0 spiro atoms. The van der Waals surface area contributed by atoms with Gasteiger partial charge in [-0.15, -0.1) is 0 Å². The van der Waals surface area contributed by atoms with E-state index in [0.29, 0.717) is 12.3 Å². The number of rotatable bonds is 3. The molecule has 0 bridgehead atoms. The lowest BCUT2D eigenvalue weighted by molar-refractivity contribution is -0.119. The summed E-state index contributed by atoms with van der Waals surface area (Å²) < 4.78 is 0. The zero-order chi connectivity index (χ0) is 10.8. The molecule has 1 amide bonds. The molecule has 0 saturated carbocycles. The number of hydrogen-bond donors (Lipinski definition) is 2. The maximum atomic E-state index is 11.3. The average molecular weight is 199 g/mol. The van der Waals surface area contributed by atoms with Gasteiger partial charge in [-0.1, -0.05) is 20.8 Å². The standard InChI is InChI=1S/C11H21NO2/c1-11(2,3)8-7-10(14)12-9(8)5-4-6-13/h8-9,13H,4-7H2,1-3H3,(H,12,14). The summed E-state index contributed by atoms with van der Waals surface area (Å²) in [4.78, 5) is 11.3. The van der Waals surface area contributed by atoms with Crippen molar-refractivity contribution in [2.75, 3.05) is 6.61 Å². The van der Waals surface area contributed by atoms with E-state index in [2.05, 4.69) is 26.1 Å². The quantitative estimate of drug-likeness (QED) is 0.720. The number of aliphatic hydroxyl groups excluding tert-OH is 1. The first-order valence-electron chi connectivity index (χ1n) is 5.35. The molecule has 3 heteroatoms. The molecule has 82 valence electrons. The Bertz CT molecular complexity index is 208. The second kappa shape index (κ2) is 4.30. The summed E-state index contributed by atoms with van der Waals surface area (Å²) in [7, 11) is 0. The Labute approximate surface area is 85.9 Å². The molecule has 2 atom stereocenters. The highest BCUT2D eigenvalue weighted by molar-refractivity contribution is 5.79. The fourth-order valence-corrected chi connectivity index (χ4v) is 2.20. The molecule has 2 N–H and O–H groups in total. The molecule has 0 aromatic heterocycles. The normalized spacial score (nSPS) is 27.9. The summed E-state index contributed by atoms with van der Waals surface area (Å²) in [5.41, 5.74) is 0.166. The van der Waals surface area contributed by atoms with E-state index in [1.807, 2.05) is 0 Å². The van der Waals surface area contributed by atoms with Gasteiger partial charge in [0.2, 0.25) is 5.91 Å². The first-order valence-corrected chi connectivity index (χ1v) is 5.35. The summed E-state index contributed by atoms with van der Waals surface area (Å²) in [5, 5.41) is 11.8. The van der Waals surface area contributed by atoms with Crippen LogP contribution in [0.15, 0.2) is 0 Å². The van der Waals surface area contributed by atoms with E-state index in [1.165, 1.54) is 0 Å². The van der Waals surface area contributed by atoms with Gasteiger partial charge >= 0.3 is 0 Å². The second-order valence-corrected chi connectivity index (χ2v) is 5.22. The molecule has 14 heavy (non-hydrogen) atoms. The van der Waals surface area contributed by atoms with Crippen LogP contribution in [-0.4, -0.2) is 23.7 Å². The maximum absolute atomic E-state index is 11.3. The van der Waals surface area contributed by atoms with Crippen molar-refractivity contribution in [1.29, 1.82) is 0 Å². The molecule has 0 aliphatic carbocycles. The van der Waals surface area contributed by atoms with Crippen molar-refractivity contribution in [2.24, 2.45) is 11.3 Å². The lowest BCUT2D eigenvalue weighted by Crippen LogP contribution is -2.34. The van der Waals surface area contributed by atoms with Gasteiger partial charge in [0.25, 0.3) is 0 Å². The fraction of sp³-hybridized carbons (Fsp3) is 0.909. The van der Waals surface area contributed by atoms with Crippen LogP contribution >= 0.6 is 0 Å². The SMILES string of the molecule is CC(C)(C)C1CC(=O)NC1CCCO. The molecule has 0 aromatic carbocycles. The zero-order valence-electron chi connectivity index (χ0n) is 9.34. The molecule has 1 aliphatic heterocycles. The predicted octanol–water partition coefficient (Wildman–Crippen LogP) is 1.31. The minimum absolute atomic E-state index is 0.160. The van der Waals surface area contributed by atoms with Crippen LogP contribution in [-0.2, 0) is 4.79 Å². The van der Waals surface area contributed by atoms with Gasteiger partial charge in [0.15, 0.2) is 0 Å². The summed E-state index contributed by atoms with van der Waals surface area (Å²) in [5.74, 6) is 0.564. The smallest absolute Gasteiger partial charge is 0.220 e. The van der Waals surface area contributed by atoms with Crippen LogP contribution in [0.1, 0.15) is 40.0 Å². The van der Waals surface area contributed by atoms with Crippen molar-refractivity contribution in [3.8, 4) is 0 Å². The van der Waals surface area contributed by atoms with Crippen molar-refractivity contribution in [2.45, 2.75) is 46.1 Å². The number of carbonyl (C=O) groups is 1. The summed E-state index contributed by atoms with van der Waals surface area (Å²) in [6.07, 6.45) is 2.31. The lowest BCUT2D eigenvalue weighted by Gasteiger charge is -2.31. The van der Waals surface area contributed by atoms with Gasteiger partial charge in [-0.25, -0.2) is 0 Å². The number of nitrogens with one attached hydrogen (secondary N) is 1. The molecule has 1 heterocycles. The maximum Gasteiger partial charge on any atom is 0.220 e. The van der Waals surface area contributed by atoms with E-state index in [9.17, 15) is 4.79 Å². The van der Waals surface area contributed by atoms with E-state index in [1.54, 1.807) is 0 Å². The van der Waals surface area contributed by atoms with Crippen LogP contribution in [0.25, 0.3) is 0 Å². The van der Waals surface area contributed by atoms with E-state index < -0.39 is 0 Å². The Morgan fingerprint density at radius 3 is 2.64 bits per heavy atom. The number of hydrogen-bond acceptors (Lipinski definition) is 2. The number of aliphatic hydroxyl groups is 1. The average Bonchev–Trinajstić information content (AvgIpc) is 2.42. The summed E-state index contributed by atoms with van der Waals surface area (Å²) in [6.45, 7) is 6.72. The first kappa shape index (κ1) is 11.5. The highest BCUT2D eigenvalue weighted by atomic mass is 16.3. The van der Waals surface area contributed by atoms with Gasteiger partial charge in [-0.05, 0) is 24.2 Å². The molecule has 0 radical (unpaired) electrons. The summed E-state index contributed by atoms with van der Waals surface area (Å²) in [6, 6.07) is 0.259. The minimum Gasteiger partial charge on any atom is -0.396 e. The fourth-order valence-electron chi connectivity index (χ4n) is 2.20. The monoisotopic (exact) mass is 199 g/mol. The van der Waals surface area contributed by atoms with E-state index in [0.717, 1.165) is 12.8 Å². The van der Waals surface area contributed by atoms with E-state index in [-0.39, 0.29) is 24.0 Å². The first-order chi connectivity index (χ1) is 6.45. The Morgan fingerprint density at radius 2 is 2.14 bits per heavy atom. The Hall–Kier alpha value is -0.570. The highest BCUT2D eigenvalue weighted by Gasteiger charge is 2.39. The molecule has 2 unspecified atom stereocenters. The van der Waals surface area contributed by atoms with Gasteiger partial charge in [-0.3, -0.25) is 4.79 Å². The van der Waals surface area contributed by atoms with Crippen LogP contribution in [0.3, 0.4) is 0 Å². The Morgan fingerprint density at radius 1 is 1.50 bits per heavy atom. The lowest BCUT2D eigenvalue weighted by atomic mass is 9.75. The number of amides is 1. The van der Waals surface area contributed by atoms with E-state index >= 15 is 0 Å². The van der Waals surface area contributed by atoms with Crippen molar-refractivity contribution in [3.63, 3.8) is 0 Å².